The van der Waals surface area contributed by atoms with Crippen molar-refractivity contribution in [1.82, 2.24) is 5.32 Å². The van der Waals surface area contributed by atoms with E-state index in [-0.39, 0.29) is 18.8 Å². The van der Waals surface area contributed by atoms with Gasteiger partial charge in [-0.3, -0.25) is 4.79 Å². The van der Waals surface area contributed by atoms with Crippen LogP contribution in [-0.4, -0.2) is 35.8 Å². The van der Waals surface area contributed by atoms with E-state index < -0.39 is 36.1 Å². The Balaban J connectivity index is 1.86. The van der Waals surface area contributed by atoms with E-state index in [1.165, 1.54) is 12.3 Å². The average Bonchev–Trinajstić information content (AvgIpc) is 3.16. The minimum Gasteiger partial charge on any atom is -0.467 e. The normalized spacial score (nSPS) is 21.6. The molecule has 126 valence electrons. The summed E-state index contributed by atoms with van der Waals surface area (Å²) in [6.07, 6.45) is 0.630. The predicted octanol–water partition coefficient (Wildman–Crippen LogP) is 1.30. The van der Waals surface area contributed by atoms with Crippen molar-refractivity contribution in [1.29, 1.82) is 0 Å². The number of unbranched alkanes of at least 4 members (excludes halogenated alkanes) is 1. The highest BCUT2D eigenvalue weighted by Crippen LogP contribution is 2.30. The van der Waals surface area contributed by atoms with Crippen LogP contribution in [0.2, 0.25) is 0 Å². The molecule has 2 unspecified atom stereocenters. The van der Waals surface area contributed by atoms with Gasteiger partial charge in [-0.05, 0) is 25.0 Å². The van der Waals surface area contributed by atoms with Gasteiger partial charge in [-0.25, -0.2) is 9.59 Å². The summed E-state index contributed by atoms with van der Waals surface area (Å²) in [6, 6.07) is 2.12. The van der Waals surface area contributed by atoms with Crippen LogP contribution in [0.15, 0.2) is 22.8 Å². The Labute approximate surface area is 132 Å². The maximum atomic E-state index is 11.9. The molecule has 8 nitrogen and oxygen atoms in total. The lowest BCUT2D eigenvalue weighted by atomic mass is 9.97. The average molecular weight is 325 g/mol. The summed E-state index contributed by atoms with van der Waals surface area (Å²) in [5, 5.41) is 12.5. The van der Waals surface area contributed by atoms with E-state index in [9.17, 15) is 19.5 Å². The zero-order valence-electron chi connectivity index (χ0n) is 12.7. The molecule has 2 rings (SSSR count). The summed E-state index contributed by atoms with van der Waals surface area (Å²) >= 11 is 0. The third kappa shape index (κ3) is 4.32. The highest BCUT2D eigenvalue weighted by atomic mass is 16.7. The Kier molecular flexibility index (Phi) is 5.75. The third-order valence-electron chi connectivity index (χ3n) is 3.54. The van der Waals surface area contributed by atoms with Crippen LogP contribution in [-0.2, 0) is 19.1 Å². The van der Waals surface area contributed by atoms with Gasteiger partial charge in [-0.1, -0.05) is 13.3 Å². The number of aliphatic hydroxyl groups is 1. The number of aliphatic hydroxyl groups excluding tert-OH is 1. The molecule has 1 aromatic rings. The van der Waals surface area contributed by atoms with Crippen molar-refractivity contribution in [2.75, 3.05) is 6.61 Å². The van der Waals surface area contributed by atoms with Gasteiger partial charge in [0.1, 0.15) is 17.9 Å². The number of carbonyl (C=O) groups excluding carboxylic acids is 3. The Morgan fingerprint density at radius 1 is 1.52 bits per heavy atom. The van der Waals surface area contributed by atoms with Gasteiger partial charge in [0, 0.05) is 0 Å². The van der Waals surface area contributed by atoms with E-state index in [1.54, 1.807) is 6.07 Å². The molecule has 1 amide bonds. The SMILES string of the molecule is CCCCOC(=O)OC(=O)[C@@H]1CC(C(O)c2ccco2)C(=O)N1. The minimum absolute atomic E-state index is 0.00176. The van der Waals surface area contributed by atoms with Crippen molar-refractivity contribution in [3.63, 3.8) is 0 Å². The molecule has 0 saturated carbocycles. The Hall–Kier alpha value is -2.35. The molecule has 1 aromatic heterocycles. The van der Waals surface area contributed by atoms with E-state index in [0.717, 1.165) is 6.42 Å². The van der Waals surface area contributed by atoms with Crippen LogP contribution in [0.4, 0.5) is 4.79 Å². The second-order valence-electron chi connectivity index (χ2n) is 5.24. The number of hydrogen-bond acceptors (Lipinski definition) is 7. The summed E-state index contributed by atoms with van der Waals surface area (Å²) in [6.45, 7) is 2.10. The monoisotopic (exact) mass is 325 g/mol. The Bertz CT molecular complexity index is 554. The minimum atomic E-state index is -1.17. The number of carbonyl (C=O) groups is 3. The molecular weight excluding hydrogens is 306 g/mol. The maximum Gasteiger partial charge on any atom is 0.516 e. The van der Waals surface area contributed by atoms with Gasteiger partial charge in [0.25, 0.3) is 0 Å². The largest absolute Gasteiger partial charge is 0.516 e. The Morgan fingerprint density at radius 3 is 2.96 bits per heavy atom. The van der Waals surface area contributed by atoms with Gasteiger partial charge in [0.05, 0.1) is 18.8 Å². The molecular formula is C15H19NO7. The molecule has 2 heterocycles. The molecule has 1 aliphatic heterocycles. The second kappa shape index (κ2) is 7.77. The zero-order chi connectivity index (χ0) is 16.8. The van der Waals surface area contributed by atoms with Crippen molar-refractivity contribution in [2.24, 2.45) is 5.92 Å². The van der Waals surface area contributed by atoms with Crippen molar-refractivity contribution < 1.29 is 33.4 Å². The van der Waals surface area contributed by atoms with Crippen LogP contribution in [0.3, 0.4) is 0 Å². The van der Waals surface area contributed by atoms with Crippen molar-refractivity contribution in [3.8, 4) is 0 Å². The first-order chi connectivity index (χ1) is 11.0. The number of esters is 1. The predicted molar refractivity (Wildman–Crippen MR) is 76.1 cm³/mol. The molecule has 23 heavy (non-hydrogen) atoms. The van der Waals surface area contributed by atoms with Crippen LogP contribution in [0, 0.1) is 5.92 Å². The summed E-state index contributed by atoms with van der Waals surface area (Å²) in [5.41, 5.74) is 0. The number of furan rings is 1. The molecule has 0 aromatic carbocycles. The molecule has 1 fully saturated rings. The molecule has 0 spiro atoms. The third-order valence-corrected chi connectivity index (χ3v) is 3.54. The summed E-state index contributed by atoms with van der Waals surface area (Å²) in [4.78, 5) is 35.1. The van der Waals surface area contributed by atoms with E-state index in [4.69, 9.17) is 9.15 Å². The molecule has 1 saturated heterocycles. The number of nitrogens with one attached hydrogen (secondary N) is 1. The molecule has 0 radical (unpaired) electrons. The smallest absolute Gasteiger partial charge is 0.467 e. The van der Waals surface area contributed by atoms with Gasteiger partial charge in [-0.15, -0.1) is 0 Å². The fraction of sp³-hybridized carbons (Fsp3) is 0.533. The summed E-state index contributed by atoms with van der Waals surface area (Å²) < 4.78 is 14.3. The maximum absolute atomic E-state index is 11.9. The quantitative estimate of drug-likeness (QED) is 0.460. The topological polar surface area (TPSA) is 115 Å². The highest BCUT2D eigenvalue weighted by Gasteiger charge is 2.42. The highest BCUT2D eigenvalue weighted by molar-refractivity contribution is 5.93. The van der Waals surface area contributed by atoms with Gasteiger partial charge >= 0.3 is 12.1 Å². The van der Waals surface area contributed by atoms with Gasteiger partial charge in [-0.2, -0.15) is 0 Å². The standard InChI is InChI=1S/C15H19NO7/c1-2-3-6-22-15(20)23-14(19)10-8-9(13(18)16-10)12(17)11-5-4-7-21-11/h4-5,7,9-10,12,17H,2-3,6,8H2,1H3,(H,16,18)/t9?,10-,12?/m0/s1. The van der Waals surface area contributed by atoms with Gasteiger partial charge < -0.3 is 24.3 Å². The first kappa shape index (κ1) is 17.0. The van der Waals surface area contributed by atoms with E-state index >= 15 is 0 Å². The summed E-state index contributed by atoms with van der Waals surface area (Å²) in [7, 11) is 0. The van der Waals surface area contributed by atoms with E-state index in [2.05, 4.69) is 10.1 Å². The molecule has 1 aliphatic rings. The van der Waals surface area contributed by atoms with Crippen LogP contribution >= 0.6 is 0 Å². The van der Waals surface area contributed by atoms with Crippen molar-refractivity contribution >= 4 is 18.0 Å². The zero-order valence-corrected chi connectivity index (χ0v) is 12.7. The van der Waals surface area contributed by atoms with Crippen molar-refractivity contribution in [2.45, 2.75) is 38.3 Å². The number of hydrogen-bond donors (Lipinski definition) is 2. The first-order valence-electron chi connectivity index (χ1n) is 7.43. The van der Waals surface area contributed by atoms with Gasteiger partial charge in [0.15, 0.2) is 0 Å². The number of rotatable bonds is 6. The van der Waals surface area contributed by atoms with E-state index in [0.29, 0.717) is 6.42 Å². The second-order valence-corrected chi connectivity index (χ2v) is 5.24. The van der Waals surface area contributed by atoms with Crippen LogP contribution in [0.25, 0.3) is 0 Å². The fourth-order valence-electron chi connectivity index (χ4n) is 2.27. The van der Waals surface area contributed by atoms with Crippen LogP contribution in [0.1, 0.15) is 38.1 Å². The van der Waals surface area contributed by atoms with E-state index in [1.807, 2.05) is 6.92 Å². The van der Waals surface area contributed by atoms with Gasteiger partial charge in [0.2, 0.25) is 5.91 Å². The fourth-order valence-corrected chi connectivity index (χ4v) is 2.27. The van der Waals surface area contributed by atoms with Crippen molar-refractivity contribution in [3.05, 3.63) is 24.2 Å². The number of ether oxygens (including phenoxy) is 2. The van der Waals surface area contributed by atoms with Crippen LogP contribution < -0.4 is 5.32 Å². The number of amides is 1. The first-order valence-corrected chi connectivity index (χ1v) is 7.43. The van der Waals surface area contributed by atoms with Crippen LogP contribution in [0.5, 0.6) is 0 Å². The Morgan fingerprint density at radius 2 is 2.30 bits per heavy atom. The lowest BCUT2D eigenvalue weighted by Crippen LogP contribution is -2.36. The molecule has 0 bridgehead atoms. The molecule has 8 heteroatoms. The lowest BCUT2D eigenvalue weighted by Gasteiger charge is -2.12. The lowest BCUT2D eigenvalue weighted by molar-refractivity contribution is -0.142. The molecule has 3 atom stereocenters. The molecule has 2 N–H and O–H groups in total. The molecule has 0 aliphatic carbocycles. The summed E-state index contributed by atoms with van der Waals surface area (Å²) in [5.74, 6) is -2.03.